The highest BCUT2D eigenvalue weighted by Crippen LogP contribution is 2.42. The number of ether oxygens (including phenoxy) is 1. The fourth-order valence-corrected chi connectivity index (χ4v) is 5.71. The SMILES string of the molecule is CCCCN(CC)CC1(OC2(CN(CC)CCCC)CCCCC2)CCCCC1. The van der Waals surface area contributed by atoms with Crippen molar-refractivity contribution < 1.29 is 4.74 Å². The molecule has 0 bridgehead atoms. The zero-order valence-electron chi connectivity index (χ0n) is 20.4. The van der Waals surface area contributed by atoms with Crippen LogP contribution in [-0.4, -0.2) is 60.3 Å². The van der Waals surface area contributed by atoms with Gasteiger partial charge in [-0.3, -0.25) is 0 Å². The molecule has 0 amide bonds. The maximum atomic E-state index is 7.45. The Hall–Kier alpha value is -0.120. The average molecular weight is 409 g/mol. The number of hydrogen-bond donors (Lipinski definition) is 0. The Morgan fingerprint density at radius 3 is 1.28 bits per heavy atom. The molecule has 0 aromatic rings. The molecule has 29 heavy (non-hydrogen) atoms. The van der Waals surface area contributed by atoms with Crippen LogP contribution in [0.2, 0.25) is 0 Å². The first-order valence-electron chi connectivity index (χ1n) is 13.3. The molecule has 3 nitrogen and oxygen atoms in total. The van der Waals surface area contributed by atoms with Crippen LogP contribution in [0.15, 0.2) is 0 Å². The van der Waals surface area contributed by atoms with Gasteiger partial charge in [0.1, 0.15) is 0 Å². The molecule has 0 saturated heterocycles. The van der Waals surface area contributed by atoms with Crippen molar-refractivity contribution in [3.8, 4) is 0 Å². The molecule has 2 aliphatic rings. The van der Waals surface area contributed by atoms with Gasteiger partial charge in [0.15, 0.2) is 0 Å². The van der Waals surface area contributed by atoms with E-state index in [-0.39, 0.29) is 11.2 Å². The Morgan fingerprint density at radius 2 is 0.966 bits per heavy atom. The third-order valence-electron chi connectivity index (χ3n) is 7.54. The molecule has 2 aliphatic carbocycles. The van der Waals surface area contributed by atoms with Crippen LogP contribution in [0.3, 0.4) is 0 Å². The van der Waals surface area contributed by atoms with Crippen molar-refractivity contribution in [1.82, 2.24) is 9.80 Å². The Kier molecular flexibility index (Phi) is 11.6. The van der Waals surface area contributed by atoms with Gasteiger partial charge >= 0.3 is 0 Å². The summed E-state index contributed by atoms with van der Waals surface area (Å²) in [4.78, 5) is 5.39. The van der Waals surface area contributed by atoms with E-state index in [1.807, 2.05) is 0 Å². The second-order valence-electron chi connectivity index (χ2n) is 10.0. The fourth-order valence-electron chi connectivity index (χ4n) is 5.71. The van der Waals surface area contributed by atoms with Gasteiger partial charge in [-0.05, 0) is 64.7 Å². The van der Waals surface area contributed by atoms with Crippen LogP contribution in [0.1, 0.15) is 118 Å². The van der Waals surface area contributed by atoms with E-state index in [9.17, 15) is 0 Å². The molecule has 0 radical (unpaired) electrons. The van der Waals surface area contributed by atoms with Crippen molar-refractivity contribution in [2.45, 2.75) is 129 Å². The molecule has 0 aliphatic heterocycles. The highest BCUT2D eigenvalue weighted by atomic mass is 16.5. The number of rotatable bonds is 14. The first-order chi connectivity index (χ1) is 14.1. The van der Waals surface area contributed by atoms with E-state index >= 15 is 0 Å². The molecule has 2 fully saturated rings. The predicted octanol–water partition coefficient (Wildman–Crippen LogP) is 6.65. The lowest BCUT2D eigenvalue weighted by Gasteiger charge is -2.50. The van der Waals surface area contributed by atoms with Gasteiger partial charge in [-0.1, -0.05) is 79.1 Å². The summed E-state index contributed by atoms with van der Waals surface area (Å²) in [7, 11) is 0. The van der Waals surface area contributed by atoms with E-state index in [2.05, 4.69) is 37.5 Å². The van der Waals surface area contributed by atoms with Crippen LogP contribution >= 0.6 is 0 Å². The summed E-state index contributed by atoms with van der Waals surface area (Å²) in [6, 6.07) is 0. The van der Waals surface area contributed by atoms with E-state index in [1.54, 1.807) is 0 Å². The third kappa shape index (κ3) is 8.15. The van der Waals surface area contributed by atoms with Crippen LogP contribution < -0.4 is 0 Å². The standard InChI is InChI=1S/C26H52N2O/c1-5-9-21-27(7-3)23-25(17-13-11-14-18-25)29-26(19-15-12-16-20-26)24-28(8-4)22-10-6-2/h5-24H2,1-4H3. The van der Waals surface area contributed by atoms with Gasteiger partial charge in [0.05, 0.1) is 11.2 Å². The zero-order chi connectivity index (χ0) is 21.0. The number of nitrogens with zero attached hydrogens (tertiary/aromatic N) is 2. The lowest BCUT2D eigenvalue weighted by Crippen LogP contribution is -2.56. The minimum Gasteiger partial charge on any atom is -0.366 e. The molecular weight excluding hydrogens is 356 g/mol. The van der Waals surface area contributed by atoms with Crippen molar-refractivity contribution in [2.24, 2.45) is 0 Å². The van der Waals surface area contributed by atoms with Gasteiger partial charge < -0.3 is 14.5 Å². The number of unbranched alkanes of at least 4 members (excludes halogenated alkanes) is 2. The maximum absolute atomic E-state index is 7.45. The molecule has 0 aromatic heterocycles. The molecule has 0 atom stereocenters. The Morgan fingerprint density at radius 1 is 0.586 bits per heavy atom. The van der Waals surface area contributed by atoms with Crippen LogP contribution in [0.5, 0.6) is 0 Å². The molecule has 172 valence electrons. The first kappa shape index (κ1) is 25.1. The van der Waals surface area contributed by atoms with Gasteiger partial charge in [-0.2, -0.15) is 0 Å². The predicted molar refractivity (Wildman–Crippen MR) is 127 cm³/mol. The summed E-state index contributed by atoms with van der Waals surface area (Å²) in [5, 5.41) is 0. The second-order valence-corrected chi connectivity index (χ2v) is 10.0. The van der Waals surface area contributed by atoms with Crippen LogP contribution in [-0.2, 0) is 4.74 Å². The molecular formula is C26H52N2O. The molecule has 0 aromatic carbocycles. The minimum absolute atomic E-state index is 0.101. The van der Waals surface area contributed by atoms with Crippen molar-refractivity contribution >= 4 is 0 Å². The van der Waals surface area contributed by atoms with E-state index in [1.165, 1.54) is 103 Å². The Balaban J connectivity index is 2.16. The molecule has 3 heteroatoms. The average Bonchev–Trinajstić information content (AvgIpc) is 2.75. The first-order valence-corrected chi connectivity index (χ1v) is 13.3. The molecule has 2 rings (SSSR count). The Labute approximate surface area is 182 Å². The van der Waals surface area contributed by atoms with Crippen molar-refractivity contribution in [3.05, 3.63) is 0 Å². The summed E-state index contributed by atoms with van der Waals surface area (Å²) in [6.45, 7) is 16.4. The van der Waals surface area contributed by atoms with Crippen LogP contribution in [0.25, 0.3) is 0 Å². The topological polar surface area (TPSA) is 15.7 Å². The van der Waals surface area contributed by atoms with E-state index < -0.39 is 0 Å². The van der Waals surface area contributed by atoms with Crippen molar-refractivity contribution in [3.63, 3.8) is 0 Å². The number of likely N-dealkylation sites (N-methyl/N-ethyl adjacent to an activating group) is 2. The highest BCUT2D eigenvalue weighted by Gasteiger charge is 2.44. The van der Waals surface area contributed by atoms with Crippen molar-refractivity contribution in [1.29, 1.82) is 0 Å². The second kappa shape index (κ2) is 13.3. The van der Waals surface area contributed by atoms with Gasteiger partial charge in [0.2, 0.25) is 0 Å². The molecule has 0 heterocycles. The fraction of sp³-hybridized carbons (Fsp3) is 1.00. The summed E-state index contributed by atoms with van der Waals surface area (Å²) in [6.07, 6.45) is 18.5. The van der Waals surface area contributed by atoms with Crippen LogP contribution in [0.4, 0.5) is 0 Å². The molecule has 0 unspecified atom stereocenters. The smallest absolute Gasteiger partial charge is 0.0817 e. The van der Waals surface area contributed by atoms with Crippen LogP contribution in [0, 0.1) is 0 Å². The Bertz CT molecular complexity index is 375. The summed E-state index contributed by atoms with van der Waals surface area (Å²) >= 11 is 0. The summed E-state index contributed by atoms with van der Waals surface area (Å²) < 4.78 is 7.45. The summed E-state index contributed by atoms with van der Waals surface area (Å²) in [5.74, 6) is 0. The zero-order valence-corrected chi connectivity index (χ0v) is 20.4. The van der Waals surface area contributed by atoms with Gasteiger partial charge in [0.25, 0.3) is 0 Å². The van der Waals surface area contributed by atoms with E-state index in [4.69, 9.17) is 4.74 Å². The van der Waals surface area contributed by atoms with Gasteiger partial charge in [-0.25, -0.2) is 0 Å². The van der Waals surface area contributed by atoms with Gasteiger partial charge in [-0.15, -0.1) is 0 Å². The third-order valence-corrected chi connectivity index (χ3v) is 7.54. The molecule has 0 spiro atoms. The number of hydrogen-bond acceptors (Lipinski definition) is 3. The van der Waals surface area contributed by atoms with E-state index in [0.717, 1.165) is 26.2 Å². The van der Waals surface area contributed by atoms with E-state index in [0.29, 0.717) is 0 Å². The lowest BCUT2D eigenvalue weighted by molar-refractivity contribution is -0.199. The maximum Gasteiger partial charge on any atom is 0.0817 e. The summed E-state index contributed by atoms with van der Waals surface area (Å²) in [5.41, 5.74) is 0.201. The highest BCUT2D eigenvalue weighted by molar-refractivity contribution is 4.96. The monoisotopic (exact) mass is 408 g/mol. The van der Waals surface area contributed by atoms with Gasteiger partial charge in [0, 0.05) is 13.1 Å². The van der Waals surface area contributed by atoms with Crippen molar-refractivity contribution in [2.75, 3.05) is 39.3 Å². The quantitative estimate of drug-likeness (QED) is 0.320. The molecule has 2 saturated carbocycles. The largest absolute Gasteiger partial charge is 0.366 e. The normalized spacial score (nSPS) is 21.7. The minimum atomic E-state index is 0.101. The molecule has 0 N–H and O–H groups in total. The lowest BCUT2D eigenvalue weighted by atomic mass is 9.79.